The van der Waals surface area contributed by atoms with Gasteiger partial charge in [-0.3, -0.25) is 11.3 Å². The molecule has 1 aromatic rings. The molecule has 0 saturated carbocycles. The summed E-state index contributed by atoms with van der Waals surface area (Å²) in [6, 6.07) is 4.21. The van der Waals surface area contributed by atoms with Crippen molar-refractivity contribution in [3.8, 4) is 0 Å². The van der Waals surface area contributed by atoms with Gasteiger partial charge in [0.25, 0.3) is 0 Å². The molecule has 1 unspecified atom stereocenters. The number of hydrogen-bond donors (Lipinski definition) is 2. The van der Waals surface area contributed by atoms with Crippen LogP contribution < -0.4 is 11.3 Å². The Bertz CT molecular complexity index is 394. The Labute approximate surface area is 113 Å². The summed E-state index contributed by atoms with van der Waals surface area (Å²) in [6.45, 7) is 3.67. The number of unbranched alkanes of at least 4 members (excludes halogenated alkanes) is 3. The van der Waals surface area contributed by atoms with E-state index in [1.807, 2.05) is 6.08 Å². The lowest BCUT2D eigenvalue weighted by molar-refractivity contribution is 0.445. The van der Waals surface area contributed by atoms with Crippen molar-refractivity contribution in [3.63, 3.8) is 0 Å². The zero-order valence-corrected chi connectivity index (χ0v) is 11.2. The molecular formula is C15H22F2N2. The third-order valence-electron chi connectivity index (χ3n) is 3.19. The first-order valence-corrected chi connectivity index (χ1v) is 6.69. The molecule has 0 saturated heterocycles. The number of benzene rings is 1. The minimum atomic E-state index is -0.806. The van der Waals surface area contributed by atoms with Gasteiger partial charge in [-0.05, 0) is 37.3 Å². The van der Waals surface area contributed by atoms with Crippen LogP contribution in [0.3, 0.4) is 0 Å². The smallest absolute Gasteiger partial charge is 0.162 e. The van der Waals surface area contributed by atoms with E-state index in [9.17, 15) is 8.78 Å². The molecule has 19 heavy (non-hydrogen) atoms. The molecule has 3 N–H and O–H groups in total. The lowest BCUT2D eigenvalue weighted by atomic mass is 10.00. The predicted molar refractivity (Wildman–Crippen MR) is 74.5 cm³/mol. The monoisotopic (exact) mass is 268 g/mol. The highest BCUT2D eigenvalue weighted by Crippen LogP contribution is 2.15. The summed E-state index contributed by atoms with van der Waals surface area (Å²) in [5, 5.41) is 0. The van der Waals surface area contributed by atoms with Gasteiger partial charge in [0.1, 0.15) is 0 Å². The van der Waals surface area contributed by atoms with Gasteiger partial charge in [-0.2, -0.15) is 0 Å². The molecule has 4 heteroatoms. The average molecular weight is 268 g/mol. The maximum Gasteiger partial charge on any atom is 0.162 e. The number of halogens is 2. The molecule has 0 heterocycles. The maximum atomic E-state index is 13.5. The number of hydrogen-bond acceptors (Lipinski definition) is 2. The molecule has 0 aliphatic carbocycles. The summed E-state index contributed by atoms with van der Waals surface area (Å²) in [5.74, 6) is 3.89. The highest BCUT2D eigenvalue weighted by atomic mass is 19.2. The summed E-state index contributed by atoms with van der Waals surface area (Å²) in [6.07, 6.45) is 7.38. The molecule has 0 radical (unpaired) electrons. The second-order valence-electron chi connectivity index (χ2n) is 4.71. The third-order valence-corrected chi connectivity index (χ3v) is 3.19. The molecular weight excluding hydrogens is 246 g/mol. The third kappa shape index (κ3) is 5.49. The van der Waals surface area contributed by atoms with Crippen LogP contribution in [0.5, 0.6) is 0 Å². The molecule has 1 rings (SSSR count). The Kier molecular flexibility index (Phi) is 7.30. The van der Waals surface area contributed by atoms with Crippen LogP contribution in [-0.4, -0.2) is 6.04 Å². The maximum absolute atomic E-state index is 13.5. The Morgan fingerprint density at radius 1 is 1.26 bits per heavy atom. The van der Waals surface area contributed by atoms with Gasteiger partial charge in [-0.15, -0.1) is 6.58 Å². The van der Waals surface area contributed by atoms with Crippen molar-refractivity contribution in [1.29, 1.82) is 0 Å². The zero-order valence-electron chi connectivity index (χ0n) is 11.2. The molecule has 0 spiro atoms. The summed E-state index contributed by atoms with van der Waals surface area (Å²) < 4.78 is 26.6. The average Bonchev–Trinajstić information content (AvgIpc) is 2.42. The standard InChI is InChI=1S/C15H22F2N2/c1-2-3-4-5-6-9-13(19-18)11-12-8-7-10-14(16)15(12)17/h2,7-8,10,13,19H,1,3-6,9,11,18H2. The molecule has 0 amide bonds. The minimum Gasteiger partial charge on any atom is -0.271 e. The Hall–Kier alpha value is -1.26. The lowest BCUT2D eigenvalue weighted by Gasteiger charge is -2.16. The minimum absolute atomic E-state index is 0.0277. The molecule has 0 aliphatic heterocycles. The molecule has 0 bridgehead atoms. The SMILES string of the molecule is C=CCCCCCC(Cc1cccc(F)c1F)NN. The van der Waals surface area contributed by atoms with Crippen molar-refractivity contribution in [1.82, 2.24) is 5.43 Å². The van der Waals surface area contributed by atoms with E-state index in [4.69, 9.17) is 5.84 Å². The fourth-order valence-corrected chi connectivity index (χ4v) is 2.07. The van der Waals surface area contributed by atoms with Crippen LogP contribution in [0.15, 0.2) is 30.9 Å². The van der Waals surface area contributed by atoms with E-state index in [0.29, 0.717) is 12.0 Å². The second kappa shape index (κ2) is 8.77. The Morgan fingerprint density at radius 2 is 2.05 bits per heavy atom. The molecule has 0 aromatic heterocycles. The first-order chi connectivity index (χ1) is 9.19. The van der Waals surface area contributed by atoms with Crippen LogP contribution >= 0.6 is 0 Å². The number of rotatable bonds is 9. The topological polar surface area (TPSA) is 38.0 Å². The Morgan fingerprint density at radius 3 is 2.74 bits per heavy atom. The largest absolute Gasteiger partial charge is 0.271 e. The van der Waals surface area contributed by atoms with Crippen LogP contribution in [0.25, 0.3) is 0 Å². The summed E-state index contributed by atoms with van der Waals surface area (Å²) in [7, 11) is 0. The van der Waals surface area contributed by atoms with E-state index in [2.05, 4.69) is 12.0 Å². The normalized spacial score (nSPS) is 12.4. The van der Waals surface area contributed by atoms with Crippen molar-refractivity contribution in [3.05, 3.63) is 48.1 Å². The van der Waals surface area contributed by atoms with E-state index in [-0.39, 0.29) is 6.04 Å². The quantitative estimate of drug-likeness (QED) is 0.311. The number of nitrogens with two attached hydrogens (primary N) is 1. The van der Waals surface area contributed by atoms with E-state index >= 15 is 0 Å². The predicted octanol–water partition coefficient (Wildman–Crippen LogP) is 3.48. The van der Waals surface area contributed by atoms with E-state index < -0.39 is 11.6 Å². The van der Waals surface area contributed by atoms with Crippen LogP contribution in [0.1, 0.15) is 37.7 Å². The van der Waals surface area contributed by atoms with Gasteiger partial charge in [0, 0.05) is 6.04 Å². The van der Waals surface area contributed by atoms with Crippen molar-refractivity contribution in [2.75, 3.05) is 0 Å². The van der Waals surface area contributed by atoms with Crippen LogP contribution in [-0.2, 0) is 6.42 Å². The van der Waals surface area contributed by atoms with Crippen molar-refractivity contribution in [2.24, 2.45) is 5.84 Å². The van der Waals surface area contributed by atoms with E-state index in [0.717, 1.165) is 38.2 Å². The molecule has 0 aliphatic rings. The van der Waals surface area contributed by atoms with Gasteiger partial charge < -0.3 is 0 Å². The van der Waals surface area contributed by atoms with Crippen molar-refractivity contribution >= 4 is 0 Å². The summed E-state index contributed by atoms with van der Waals surface area (Å²) in [4.78, 5) is 0. The number of nitrogens with one attached hydrogen (secondary N) is 1. The van der Waals surface area contributed by atoms with Gasteiger partial charge in [-0.1, -0.05) is 31.1 Å². The van der Waals surface area contributed by atoms with Crippen molar-refractivity contribution < 1.29 is 8.78 Å². The molecule has 0 fully saturated rings. The fourth-order valence-electron chi connectivity index (χ4n) is 2.07. The first-order valence-electron chi connectivity index (χ1n) is 6.69. The molecule has 2 nitrogen and oxygen atoms in total. The second-order valence-corrected chi connectivity index (χ2v) is 4.71. The van der Waals surface area contributed by atoms with Crippen LogP contribution in [0.2, 0.25) is 0 Å². The van der Waals surface area contributed by atoms with Crippen LogP contribution in [0.4, 0.5) is 8.78 Å². The zero-order chi connectivity index (χ0) is 14.1. The van der Waals surface area contributed by atoms with Gasteiger partial charge in [0.2, 0.25) is 0 Å². The van der Waals surface area contributed by atoms with Gasteiger partial charge in [0.05, 0.1) is 0 Å². The van der Waals surface area contributed by atoms with E-state index in [1.54, 1.807) is 6.07 Å². The number of allylic oxidation sites excluding steroid dienone is 1. The lowest BCUT2D eigenvalue weighted by Crippen LogP contribution is -2.37. The highest BCUT2D eigenvalue weighted by molar-refractivity contribution is 5.19. The highest BCUT2D eigenvalue weighted by Gasteiger charge is 2.13. The Balaban J connectivity index is 2.43. The van der Waals surface area contributed by atoms with Crippen LogP contribution in [0, 0.1) is 11.6 Å². The van der Waals surface area contributed by atoms with E-state index in [1.165, 1.54) is 6.07 Å². The summed E-state index contributed by atoms with van der Waals surface area (Å²) in [5.41, 5.74) is 3.05. The summed E-state index contributed by atoms with van der Waals surface area (Å²) >= 11 is 0. The van der Waals surface area contributed by atoms with Gasteiger partial charge in [-0.25, -0.2) is 8.78 Å². The van der Waals surface area contributed by atoms with Gasteiger partial charge in [0.15, 0.2) is 11.6 Å². The first kappa shape index (κ1) is 15.8. The molecule has 1 atom stereocenters. The molecule has 106 valence electrons. The molecule has 1 aromatic carbocycles. The van der Waals surface area contributed by atoms with Gasteiger partial charge >= 0.3 is 0 Å². The number of hydrazine groups is 1. The fraction of sp³-hybridized carbons (Fsp3) is 0.467. The van der Waals surface area contributed by atoms with Crippen molar-refractivity contribution in [2.45, 2.75) is 44.6 Å².